The van der Waals surface area contributed by atoms with Gasteiger partial charge in [0.15, 0.2) is 5.96 Å². The van der Waals surface area contributed by atoms with E-state index in [1.165, 1.54) is 4.88 Å². The Morgan fingerprint density at radius 1 is 1.36 bits per heavy atom. The molecule has 0 saturated carbocycles. The number of aliphatic imine (C=N–C) groups is 1. The molecule has 0 radical (unpaired) electrons. The van der Waals surface area contributed by atoms with Gasteiger partial charge in [-0.3, -0.25) is 4.99 Å². The van der Waals surface area contributed by atoms with Gasteiger partial charge in [-0.15, -0.1) is 35.3 Å². The van der Waals surface area contributed by atoms with Gasteiger partial charge < -0.3 is 20.3 Å². The van der Waals surface area contributed by atoms with Gasteiger partial charge in [0.05, 0.1) is 13.2 Å². The first-order chi connectivity index (χ1) is 10.3. The molecule has 0 aliphatic rings. The van der Waals surface area contributed by atoms with Crippen molar-refractivity contribution in [3.63, 3.8) is 0 Å². The van der Waals surface area contributed by atoms with E-state index < -0.39 is 0 Å². The van der Waals surface area contributed by atoms with Gasteiger partial charge in [-0.05, 0) is 31.8 Å². The van der Waals surface area contributed by atoms with Crippen LogP contribution in [0.2, 0.25) is 0 Å². The SMILES string of the molecule is CCNC(=NCCN(C)CCOC)NCCc1cccs1.I. The van der Waals surface area contributed by atoms with E-state index in [4.69, 9.17) is 4.74 Å². The highest BCUT2D eigenvalue weighted by molar-refractivity contribution is 14.0. The lowest BCUT2D eigenvalue weighted by molar-refractivity contribution is 0.163. The highest BCUT2D eigenvalue weighted by Gasteiger charge is 2.00. The highest BCUT2D eigenvalue weighted by Crippen LogP contribution is 2.07. The number of halogens is 1. The molecule has 1 aromatic heterocycles. The van der Waals surface area contributed by atoms with Crippen LogP contribution in [0.1, 0.15) is 11.8 Å². The molecule has 7 heteroatoms. The first-order valence-electron chi connectivity index (χ1n) is 7.48. The van der Waals surface area contributed by atoms with E-state index in [9.17, 15) is 0 Å². The molecule has 1 rings (SSSR count). The maximum atomic E-state index is 5.07. The summed E-state index contributed by atoms with van der Waals surface area (Å²) in [4.78, 5) is 8.22. The first kappa shape index (κ1) is 21.6. The second-order valence-electron chi connectivity index (χ2n) is 4.81. The smallest absolute Gasteiger partial charge is 0.191 e. The summed E-state index contributed by atoms with van der Waals surface area (Å²) in [5.74, 6) is 0.897. The predicted octanol–water partition coefficient (Wildman–Crippen LogP) is 2.04. The van der Waals surface area contributed by atoms with Gasteiger partial charge >= 0.3 is 0 Å². The number of likely N-dealkylation sites (N-methyl/N-ethyl adjacent to an activating group) is 1. The molecule has 5 nitrogen and oxygen atoms in total. The number of ether oxygens (including phenoxy) is 1. The zero-order valence-corrected chi connectivity index (χ0v) is 16.9. The lowest BCUT2D eigenvalue weighted by atomic mass is 10.3. The molecule has 2 N–H and O–H groups in total. The molecule has 0 bridgehead atoms. The van der Waals surface area contributed by atoms with Crippen LogP contribution < -0.4 is 10.6 Å². The number of hydrogen-bond acceptors (Lipinski definition) is 4. The zero-order valence-electron chi connectivity index (χ0n) is 13.8. The van der Waals surface area contributed by atoms with Crippen LogP contribution >= 0.6 is 35.3 Å². The number of hydrogen-bond donors (Lipinski definition) is 2. The van der Waals surface area contributed by atoms with Crippen molar-refractivity contribution in [2.45, 2.75) is 13.3 Å². The Hall–Kier alpha value is -0.380. The minimum atomic E-state index is 0. The maximum Gasteiger partial charge on any atom is 0.191 e. The summed E-state index contributed by atoms with van der Waals surface area (Å²) < 4.78 is 5.07. The number of methoxy groups -OCH3 is 1. The van der Waals surface area contributed by atoms with Crippen LogP contribution in [-0.4, -0.2) is 64.3 Å². The molecule has 0 atom stereocenters. The third-order valence-electron chi connectivity index (χ3n) is 3.02. The average molecular weight is 440 g/mol. The van der Waals surface area contributed by atoms with E-state index in [2.05, 4.69) is 52.0 Å². The van der Waals surface area contributed by atoms with Gasteiger partial charge in [-0.25, -0.2) is 0 Å². The summed E-state index contributed by atoms with van der Waals surface area (Å²) in [6, 6.07) is 4.26. The standard InChI is InChI=1S/C15H28N4OS.HI/c1-4-16-15(17-8-7-14-6-5-13-21-14)18-9-10-19(2)11-12-20-3;/h5-6,13H,4,7-12H2,1-3H3,(H2,16,17,18);1H. The molecular formula is C15H29IN4OS. The van der Waals surface area contributed by atoms with Crippen LogP contribution in [0.3, 0.4) is 0 Å². The van der Waals surface area contributed by atoms with Gasteiger partial charge in [0, 0.05) is 38.2 Å². The quantitative estimate of drug-likeness (QED) is 0.332. The van der Waals surface area contributed by atoms with Crippen molar-refractivity contribution in [2.75, 3.05) is 53.5 Å². The van der Waals surface area contributed by atoms with Crippen molar-refractivity contribution < 1.29 is 4.74 Å². The Labute approximate surface area is 155 Å². The molecule has 0 aromatic carbocycles. The van der Waals surface area contributed by atoms with E-state index in [0.717, 1.165) is 51.7 Å². The molecule has 0 aliphatic heterocycles. The van der Waals surface area contributed by atoms with Crippen LogP contribution in [0.25, 0.3) is 0 Å². The summed E-state index contributed by atoms with van der Waals surface area (Å²) in [7, 11) is 3.82. The molecule has 0 unspecified atom stereocenters. The van der Waals surface area contributed by atoms with Gasteiger partial charge in [0.1, 0.15) is 0 Å². The van der Waals surface area contributed by atoms with Gasteiger partial charge in [0.25, 0.3) is 0 Å². The monoisotopic (exact) mass is 440 g/mol. The molecule has 0 amide bonds. The molecule has 22 heavy (non-hydrogen) atoms. The Morgan fingerprint density at radius 2 is 2.18 bits per heavy atom. The van der Waals surface area contributed by atoms with E-state index >= 15 is 0 Å². The lowest BCUT2D eigenvalue weighted by Gasteiger charge is -2.15. The second-order valence-corrected chi connectivity index (χ2v) is 5.85. The molecule has 1 heterocycles. The first-order valence-corrected chi connectivity index (χ1v) is 8.36. The van der Waals surface area contributed by atoms with Crippen molar-refractivity contribution in [3.05, 3.63) is 22.4 Å². The summed E-state index contributed by atoms with van der Waals surface area (Å²) in [6.45, 7) is 7.30. The van der Waals surface area contributed by atoms with Crippen molar-refractivity contribution in [3.8, 4) is 0 Å². The zero-order chi connectivity index (χ0) is 15.3. The Balaban J connectivity index is 0.00000441. The molecule has 128 valence electrons. The summed E-state index contributed by atoms with van der Waals surface area (Å²) >= 11 is 1.80. The van der Waals surface area contributed by atoms with Crippen molar-refractivity contribution >= 4 is 41.3 Å². The largest absolute Gasteiger partial charge is 0.383 e. The maximum absolute atomic E-state index is 5.07. The number of thiophene rings is 1. The van der Waals surface area contributed by atoms with Crippen molar-refractivity contribution in [1.82, 2.24) is 15.5 Å². The van der Waals surface area contributed by atoms with Gasteiger partial charge in [-0.1, -0.05) is 6.07 Å². The normalized spacial score (nSPS) is 11.4. The molecular weight excluding hydrogens is 411 g/mol. The fraction of sp³-hybridized carbons (Fsp3) is 0.667. The van der Waals surface area contributed by atoms with Crippen molar-refractivity contribution in [2.24, 2.45) is 4.99 Å². The Morgan fingerprint density at radius 3 is 2.82 bits per heavy atom. The molecule has 0 fully saturated rings. The van der Waals surface area contributed by atoms with Crippen LogP contribution in [0, 0.1) is 0 Å². The third kappa shape index (κ3) is 10.4. The van der Waals surface area contributed by atoms with E-state index in [1.807, 2.05) is 0 Å². The van der Waals surface area contributed by atoms with E-state index in [0.29, 0.717) is 0 Å². The number of guanidine groups is 1. The summed E-state index contributed by atoms with van der Waals surface area (Å²) in [5.41, 5.74) is 0. The van der Waals surface area contributed by atoms with Crippen LogP contribution in [0.4, 0.5) is 0 Å². The Bertz CT molecular complexity index is 387. The summed E-state index contributed by atoms with van der Waals surface area (Å²) in [5, 5.41) is 8.77. The second kappa shape index (κ2) is 14.2. The number of nitrogens with zero attached hydrogens (tertiary/aromatic N) is 2. The van der Waals surface area contributed by atoms with Crippen LogP contribution in [-0.2, 0) is 11.2 Å². The molecule has 0 spiro atoms. The molecule has 0 aliphatic carbocycles. The minimum absolute atomic E-state index is 0. The van der Waals surface area contributed by atoms with E-state index in [-0.39, 0.29) is 24.0 Å². The fourth-order valence-electron chi connectivity index (χ4n) is 1.79. The highest BCUT2D eigenvalue weighted by atomic mass is 127. The lowest BCUT2D eigenvalue weighted by Crippen LogP contribution is -2.39. The van der Waals surface area contributed by atoms with Gasteiger partial charge in [0.2, 0.25) is 0 Å². The topological polar surface area (TPSA) is 48.9 Å². The minimum Gasteiger partial charge on any atom is -0.383 e. The predicted molar refractivity (Wildman–Crippen MR) is 107 cm³/mol. The number of rotatable bonds is 10. The summed E-state index contributed by atoms with van der Waals surface area (Å²) in [6.07, 6.45) is 1.04. The number of nitrogens with one attached hydrogen (secondary N) is 2. The average Bonchev–Trinajstić information content (AvgIpc) is 2.98. The molecule has 0 saturated heterocycles. The molecule has 1 aromatic rings. The van der Waals surface area contributed by atoms with Crippen LogP contribution in [0.5, 0.6) is 0 Å². The van der Waals surface area contributed by atoms with Crippen molar-refractivity contribution in [1.29, 1.82) is 0 Å². The Kier molecular flexibility index (Phi) is 14.0. The van der Waals surface area contributed by atoms with E-state index in [1.54, 1.807) is 18.4 Å². The van der Waals surface area contributed by atoms with Gasteiger partial charge in [-0.2, -0.15) is 0 Å². The third-order valence-corrected chi connectivity index (χ3v) is 3.95. The van der Waals surface area contributed by atoms with Crippen LogP contribution in [0.15, 0.2) is 22.5 Å². The fourth-order valence-corrected chi connectivity index (χ4v) is 2.50.